The van der Waals surface area contributed by atoms with Gasteiger partial charge in [-0.3, -0.25) is 0 Å². The van der Waals surface area contributed by atoms with Crippen molar-refractivity contribution in [3.8, 4) is 0 Å². The summed E-state index contributed by atoms with van der Waals surface area (Å²) in [5.41, 5.74) is 0.182. The van der Waals surface area contributed by atoms with Crippen molar-refractivity contribution in [2.75, 3.05) is 0 Å². The Kier molecular flexibility index (Phi) is 1.61. The minimum absolute atomic E-state index is 0.0486. The third-order valence-electron chi connectivity index (χ3n) is 3.30. The summed E-state index contributed by atoms with van der Waals surface area (Å²) in [5.74, 6) is 0. The Labute approximate surface area is 62.8 Å². The maximum Gasteiger partial charge on any atom is 0.126 e. The summed E-state index contributed by atoms with van der Waals surface area (Å²) < 4.78 is 0. The van der Waals surface area contributed by atoms with Crippen molar-refractivity contribution in [1.82, 2.24) is 0 Å². The Bertz CT molecular complexity index is 149. The van der Waals surface area contributed by atoms with Gasteiger partial charge in [-0.1, -0.05) is 27.2 Å². The maximum atomic E-state index is 10.7. The van der Waals surface area contributed by atoms with Crippen LogP contribution in [0.2, 0.25) is 0 Å². The molecule has 0 N–H and O–H groups in total. The van der Waals surface area contributed by atoms with Crippen LogP contribution in [0.5, 0.6) is 0 Å². The van der Waals surface area contributed by atoms with Gasteiger partial charge in [0.05, 0.1) is 0 Å². The zero-order valence-corrected chi connectivity index (χ0v) is 7.11. The molecule has 0 aromatic rings. The zero-order valence-electron chi connectivity index (χ0n) is 7.11. The molecule has 1 aliphatic carbocycles. The van der Waals surface area contributed by atoms with E-state index in [1.165, 1.54) is 12.8 Å². The van der Waals surface area contributed by atoms with Gasteiger partial charge in [-0.15, -0.1) is 0 Å². The van der Waals surface area contributed by atoms with Crippen LogP contribution in [0.1, 0.15) is 40.0 Å². The molecule has 0 spiro atoms. The Morgan fingerprint density at radius 1 is 1.20 bits per heavy atom. The zero-order chi connectivity index (χ0) is 7.83. The van der Waals surface area contributed by atoms with E-state index in [4.69, 9.17) is 0 Å². The molecule has 0 heterocycles. The van der Waals surface area contributed by atoms with Crippen molar-refractivity contribution in [1.29, 1.82) is 0 Å². The fourth-order valence-electron chi connectivity index (χ4n) is 1.74. The molecule has 1 nitrogen and oxygen atoms in total. The van der Waals surface area contributed by atoms with Crippen LogP contribution in [0, 0.1) is 10.8 Å². The van der Waals surface area contributed by atoms with Gasteiger partial charge < -0.3 is 4.79 Å². The minimum Gasteiger partial charge on any atom is -0.303 e. The Morgan fingerprint density at radius 2 is 1.80 bits per heavy atom. The first-order valence-corrected chi connectivity index (χ1v) is 3.98. The average Bonchev–Trinajstić information content (AvgIpc) is 2.10. The van der Waals surface area contributed by atoms with E-state index >= 15 is 0 Å². The van der Waals surface area contributed by atoms with Crippen molar-refractivity contribution in [3.63, 3.8) is 0 Å². The number of hydrogen-bond donors (Lipinski definition) is 0. The predicted octanol–water partition coefficient (Wildman–Crippen LogP) is 2.40. The molecule has 0 aromatic carbocycles. The van der Waals surface area contributed by atoms with Crippen LogP contribution < -0.4 is 0 Å². The predicted molar refractivity (Wildman–Crippen MR) is 41.8 cm³/mol. The van der Waals surface area contributed by atoms with Crippen LogP contribution in [-0.4, -0.2) is 6.29 Å². The number of rotatable bonds is 1. The highest BCUT2D eigenvalue weighted by Gasteiger charge is 2.44. The average molecular weight is 140 g/mol. The second kappa shape index (κ2) is 2.08. The first-order chi connectivity index (χ1) is 4.52. The smallest absolute Gasteiger partial charge is 0.126 e. The third kappa shape index (κ3) is 0.882. The second-order valence-corrected chi connectivity index (χ2v) is 4.27. The number of carbonyl (C=O) groups excluding carboxylic acids is 1. The molecule has 10 heavy (non-hydrogen) atoms. The summed E-state index contributed by atoms with van der Waals surface area (Å²) in [6.07, 6.45) is 4.62. The lowest BCUT2D eigenvalue weighted by atomic mass is 9.70. The normalized spacial score (nSPS) is 37.9. The van der Waals surface area contributed by atoms with Crippen molar-refractivity contribution >= 4 is 6.29 Å². The van der Waals surface area contributed by atoms with Gasteiger partial charge in [-0.25, -0.2) is 0 Å². The van der Waals surface area contributed by atoms with Gasteiger partial charge in [0, 0.05) is 5.41 Å². The summed E-state index contributed by atoms with van der Waals surface area (Å²) in [7, 11) is 0. The summed E-state index contributed by atoms with van der Waals surface area (Å²) in [6.45, 7) is 6.45. The van der Waals surface area contributed by atoms with Gasteiger partial charge in [0.1, 0.15) is 6.29 Å². The topological polar surface area (TPSA) is 17.1 Å². The van der Waals surface area contributed by atoms with Crippen LogP contribution in [0.3, 0.4) is 0 Å². The molecular weight excluding hydrogens is 124 g/mol. The van der Waals surface area contributed by atoms with Crippen molar-refractivity contribution in [3.05, 3.63) is 0 Å². The number of hydrogen-bond acceptors (Lipinski definition) is 1. The Balaban J connectivity index is 2.85. The largest absolute Gasteiger partial charge is 0.303 e. The van der Waals surface area contributed by atoms with Gasteiger partial charge in [-0.2, -0.15) is 0 Å². The van der Waals surface area contributed by atoms with E-state index in [0.717, 1.165) is 12.7 Å². The van der Waals surface area contributed by atoms with E-state index in [9.17, 15) is 4.79 Å². The van der Waals surface area contributed by atoms with Crippen LogP contribution in [0.4, 0.5) is 0 Å². The molecule has 0 saturated heterocycles. The lowest BCUT2D eigenvalue weighted by Gasteiger charge is -2.32. The quantitative estimate of drug-likeness (QED) is 0.511. The standard InChI is InChI=1S/C9H16O/c1-8(2)5-4-6-9(8,3)7-10/h7H,4-6H2,1-3H3/t9-/m0/s1. The van der Waals surface area contributed by atoms with Crippen LogP contribution in [0.15, 0.2) is 0 Å². The summed E-state index contributed by atoms with van der Waals surface area (Å²) in [5, 5.41) is 0. The highest BCUT2D eigenvalue weighted by molar-refractivity contribution is 5.60. The molecule has 0 aromatic heterocycles. The SMILES string of the molecule is CC1(C)CCC[C@@]1(C)C=O. The molecule has 1 heteroatoms. The lowest BCUT2D eigenvalue weighted by Crippen LogP contribution is -2.30. The van der Waals surface area contributed by atoms with Crippen molar-refractivity contribution < 1.29 is 4.79 Å². The third-order valence-corrected chi connectivity index (χ3v) is 3.30. The fraction of sp³-hybridized carbons (Fsp3) is 0.889. The Morgan fingerprint density at radius 3 is 2.00 bits per heavy atom. The van der Waals surface area contributed by atoms with E-state index in [0.29, 0.717) is 0 Å². The minimum atomic E-state index is -0.0486. The van der Waals surface area contributed by atoms with E-state index in [1.807, 2.05) is 0 Å². The van der Waals surface area contributed by atoms with E-state index < -0.39 is 0 Å². The lowest BCUT2D eigenvalue weighted by molar-refractivity contribution is -0.119. The highest BCUT2D eigenvalue weighted by atomic mass is 16.1. The Hall–Kier alpha value is -0.330. The van der Waals surface area contributed by atoms with Gasteiger partial charge in [0.15, 0.2) is 0 Å². The molecule has 0 bridgehead atoms. The highest BCUT2D eigenvalue weighted by Crippen LogP contribution is 2.50. The molecule has 0 unspecified atom stereocenters. The molecule has 0 aliphatic heterocycles. The first-order valence-electron chi connectivity index (χ1n) is 3.98. The molecule has 1 atom stereocenters. The molecule has 1 saturated carbocycles. The molecule has 0 amide bonds. The van der Waals surface area contributed by atoms with Gasteiger partial charge in [-0.05, 0) is 18.3 Å². The molecule has 0 radical (unpaired) electrons. The maximum absolute atomic E-state index is 10.7. The molecule has 1 fully saturated rings. The van der Waals surface area contributed by atoms with E-state index in [-0.39, 0.29) is 10.8 Å². The van der Waals surface area contributed by atoms with Gasteiger partial charge >= 0.3 is 0 Å². The first kappa shape index (κ1) is 7.77. The fourth-order valence-corrected chi connectivity index (χ4v) is 1.74. The van der Waals surface area contributed by atoms with Gasteiger partial charge in [0.2, 0.25) is 0 Å². The monoisotopic (exact) mass is 140 g/mol. The van der Waals surface area contributed by atoms with E-state index in [2.05, 4.69) is 20.8 Å². The van der Waals surface area contributed by atoms with Gasteiger partial charge in [0.25, 0.3) is 0 Å². The van der Waals surface area contributed by atoms with Crippen molar-refractivity contribution in [2.45, 2.75) is 40.0 Å². The summed E-state index contributed by atoms with van der Waals surface area (Å²) in [4.78, 5) is 10.7. The second-order valence-electron chi connectivity index (χ2n) is 4.27. The van der Waals surface area contributed by atoms with Crippen LogP contribution >= 0.6 is 0 Å². The number of carbonyl (C=O) groups is 1. The van der Waals surface area contributed by atoms with Crippen LogP contribution in [0.25, 0.3) is 0 Å². The molecule has 1 rings (SSSR count). The number of aldehydes is 1. The summed E-state index contributed by atoms with van der Waals surface area (Å²) >= 11 is 0. The molecular formula is C9H16O. The summed E-state index contributed by atoms with van der Waals surface area (Å²) in [6, 6.07) is 0. The molecule has 58 valence electrons. The van der Waals surface area contributed by atoms with Crippen molar-refractivity contribution in [2.24, 2.45) is 10.8 Å². The van der Waals surface area contributed by atoms with E-state index in [1.54, 1.807) is 0 Å². The van der Waals surface area contributed by atoms with Crippen LogP contribution in [-0.2, 0) is 4.79 Å². The molecule has 1 aliphatic rings.